The molecular formula is C18H31IO3. The van der Waals surface area contributed by atoms with Gasteiger partial charge in [0.1, 0.15) is 6.10 Å². The standard InChI is InChI=1S/C18H31IO3/c1-10(9-19)11(2)22-14-8-12-7-13(14)16(18(5,6)21)15(12)17(3,4)20/h10,12-16,20-21H,2,7-9H2,1,3-6H3/t10?,12-,13+,14+,15-,16+/m1/s1. The summed E-state index contributed by atoms with van der Waals surface area (Å²) in [6, 6.07) is 0. The van der Waals surface area contributed by atoms with Crippen molar-refractivity contribution in [1.29, 1.82) is 0 Å². The number of ether oxygens (including phenoxy) is 1. The van der Waals surface area contributed by atoms with Gasteiger partial charge in [-0.2, -0.15) is 0 Å². The molecule has 0 aliphatic heterocycles. The third-order valence-electron chi connectivity index (χ3n) is 5.66. The molecule has 2 bridgehead atoms. The van der Waals surface area contributed by atoms with Crippen LogP contribution in [0.25, 0.3) is 0 Å². The molecule has 2 aliphatic rings. The van der Waals surface area contributed by atoms with Crippen LogP contribution in [-0.4, -0.2) is 31.9 Å². The zero-order chi connectivity index (χ0) is 16.9. The number of allylic oxidation sites excluding steroid dienone is 1. The molecule has 2 aliphatic carbocycles. The van der Waals surface area contributed by atoms with Crippen molar-refractivity contribution >= 4 is 22.6 Å². The summed E-state index contributed by atoms with van der Waals surface area (Å²) in [6.07, 6.45) is 2.15. The summed E-state index contributed by atoms with van der Waals surface area (Å²) >= 11 is 2.36. The van der Waals surface area contributed by atoms with Gasteiger partial charge in [0, 0.05) is 16.3 Å². The van der Waals surface area contributed by atoms with Crippen LogP contribution < -0.4 is 0 Å². The Labute approximate surface area is 148 Å². The Morgan fingerprint density at radius 3 is 2.18 bits per heavy atom. The molecule has 22 heavy (non-hydrogen) atoms. The molecule has 0 saturated heterocycles. The van der Waals surface area contributed by atoms with E-state index in [2.05, 4.69) is 36.1 Å². The van der Waals surface area contributed by atoms with E-state index in [0.29, 0.717) is 17.8 Å². The Hall–Kier alpha value is 0.190. The van der Waals surface area contributed by atoms with Gasteiger partial charge in [-0.05, 0) is 58.3 Å². The van der Waals surface area contributed by atoms with Crippen LogP contribution in [0.15, 0.2) is 12.3 Å². The molecule has 0 aromatic carbocycles. The number of alkyl halides is 1. The van der Waals surface area contributed by atoms with E-state index in [9.17, 15) is 10.2 Å². The Morgan fingerprint density at radius 1 is 1.18 bits per heavy atom. The first-order chi connectivity index (χ1) is 9.96. The molecule has 0 aromatic rings. The lowest BCUT2D eigenvalue weighted by Gasteiger charge is -2.46. The van der Waals surface area contributed by atoms with Gasteiger partial charge in [0.05, 0.1) is 17.0 Å². The van der Waals surface area contributed by atoms with E-state index in [1.165, 1.54) is 0 Å². The average Bonchev–Trinajstić information content (AvgIpc) is 2.93. The smallest absolute Gasteiger partial charge is 0.102 e. The normalized spacial score (nSPS) is 36.5. The van der Waals surface area contributed by atoms with Gasteiger partial charge >= 0.3 is 0 Å². The lowest BCUT2D eigenvalue weighted by Crippen LogP contribution is -2.51. The minimum Gasteiger partial charge on any atom is -0.495 e. The van der Waals surface area contributed by atoms with Crippen LogP contribution in [0, 0.1) is 29.6 Å². The van der Waals surface area contributed by atoms with Crippen LogP contribution in [0.3, 0.4) is 0 Å². The van der Waals surface area contributed by atoms with E-state index in [0.717, 1.165) is 23.0 Å². The van der Waals surface area contributed by atoms with Gasteiger partial charge in [-0.25, -0.2) is 0 Å². The zero-order valence-corrected chi connectivity index (χ0v) is 16.6. The average molecular weight is 422 g/mol. The second kappa shape index (κ2) is 6.25. The maximum absolute atomic E-state index is 10.7. The molecule has 0 heterocycles. The molecule has 6 atom stereocenters. The fourth-order valence-electron chi connectivity index (χ4n) is 4.81. The summed E-state index contributed by atoms with van der Waals surface area (Å²) < 4.78 is 7.19. The maximum Gasteiger partial charge on any atom is 0.102 e. The summed E-state index contributed by atoms with van der Waals surface area (Å²) in [4.78, 5) is 0. The number of hydrogen-bond acceptors (Lipinski definition) is 3. The maximum atomic E-state index is 10.7. The van der Waals surface area contributed by atoms with E-state index in [1.54, 1.807) is 0 Å². The Morgan fingerprint density at radius 2 is 1.73 bits per heavy atom. The second-order valence-electron chi connectivity index (χ2n) is 8.43. The van der Waals surface area contributed by atoms with Crippen molar-refractivity contribution < 1.29 is 14.9 Å². The highest BCUT2D eigenvalue weighted by molar-refractivity contribution is 14.1. The van der Waals surface area contributed by atoms with E-state index < -0.39 is 11.2 Å². The van der Waals surface area contributed by atoms with E-state index in [-0.39, 0.29) is 17.9 Å². The third kappa shape index (κ3) is 3.48. The molecule has 2 fully saturated rings. The lowest BCUT2D eigenvalue weighted by molar-refractivity contribution is -0.127. The van der Waals surface area contributed by atoms with Crippen molar-refractivity contribution in [2.45, 2.75) is 64.8 Å². The number of fused-ring (bicyclic) bond motifs is 2. The Balaban J connectivity index is 2.18. The van der Waals surface area contributed by atoms with Crippen molar-refractivity contribution in [3.8, 4) is 0 Å². The van der Waals surface area contributed by atoms with Gasteiger partial charge in [-0.15, -0.1) is 0 Å². The summed E-state index contributed by atoms with van der Waals surface area (Å²) in [5.74, 6) is 2.15. The molecule has 2 N–H and O–H groups in total. The minimum atomic E-state index is -0.803. The molecule has 2 saturated carbocycles. The highest BCUT2D eigenvalue weighted by Crippen LogP contribution is 2.59. The van der Waals surface area contributed by atoms with Gasteiger partial charge in [0.2, 0.25) is 0 Å². The Kier molecular flexibility index (Phi) is 5.26. The fraction of sp³-hybridized carbons (Fsp3) is 0.889. The van der Waals surface area contributed by atoms with Crippen LogP contribution in [-0.2, 0) is 4.74 Å². The van der Waals surface area contributed by atoms with Crippen LogP contribution in [0.1, 0.15) is 47.5 Å². The molecule has 1 unspecified atom stereocenters. The number of rotatable bonds is 6. The number of hydrogen-bond donors (Lipinski definition) is 2. The molecule has 0 aromatic heterocycles. The summed E-state index contributed by atoms with van der Waals surface area (Å²) in [5, 5.41) is 21.3. The summed E-state index contributed by atoms with van der Waals surface area (Å²) in [7, 11) is 0. The first-order valence-electron chi connectivity index (χ1n) is 8.33. The van der Waals surface area contributed by atoms with E-state index in [4.69, 9.17) is 4.74 Å². The fourth-order valence-corrected chi connectivity index (χ4v) is 5.30. The van der Waals surface area contributed by atoms with Crippen molar-refractivity contribution in [3.63, 3.8) is 0 Å². The third-order valence-corrected chi connectivity index (χ3v) is 6.98. The highest BCUT2D eigenvalue weighted by Gasteiger charge is 2.61. The van der Waals surface area contributed by atoms with Gasteiger partial charge in [-0.1, -0.05) is 36.1 Å². The number of halogens is 1. The van der Waals surface area contributed by atoms with Crippen LogP contribution in [0.4, 0.5) is 0 Å². The topological polar surface area (TPSA) is 49.7 Å². The molecule has 0 amide bonds. The predicted molar refractivity (Wildman–Crippen MR) is 97.9 cm³/mol. The highest BCUT2D eigenvalue weighted by atomic mass is 127. The van der Waals surface area contributed by atoms with Crippen molar-refractivity contribution in [3.05, 3.63) is 12.3 Å². The minimum absolute atomic E-state index is 0.0685. The molecule has 0 spiro atoms. The van der Waals surface area contributed by atoms with Gasteiger partial charge in [-0.3, -0.25) is 0 Å². The van der Waals surface area contributed by atoms with Crippen LogP contribution >= 0.6 is 22.6 Å². The number of aliphatic hydroxyl groups is 2. The second-order valence-corrected chi connectivity index (χ2v) is 9.31. The largest absolute Gasteiger partial charge is 0.495 e. The summed E-state index contributed by atoms with van der Waals surface area (Å²) in [6.45, 7) is 13.7. The molecule has 2 rings (SSSR count). The predicted octanol–water partition coefficient (Wildman–Crippen LogP) is 3.77. The summed E-state index contributed by atoms with van der Waals surface area (Å²) in [5.41, 5.74) is -1.57. The lowest BCUT2D eigenvalue weighted by atomic mass is 9.65. The van der Waals surface area contributed by atoms with Gasteiger partial charge < -0.3 is 14.9 Å². The molecular weight excluding hydrogens is 391 g/mol. The molecule has 3 nitrogen and oxygen atoms in total. The molecule has 0 radical (unpaired) electrons. The van der Waals surface area contributed by atoms with Gasteiger partial charge in [0.25, 0.3) is 0 Å². The molecule has 4 heteroatoms. The monoisotopic (exact) mass is 422 g/mol. The molecule has 128 valence electrons. The first kappa shape index (κ1) is 18.5. The SMILES string of the molecule is C=C(O[C@H]1C[C@H]2C[C@@H]1[C@H](C(C)(C)O)[C@@H]2C(C)(C)O)C(C)CI. The zero-order valence-electron chi connectivity index (χ0n) is 14.5. The van der Waals surface area contributed by atoms with Crippen molar-refractivity contribution in [2.75, 3.05) is 4.43 Å². The van der Waals surface area contributed by atoms with Crippen LogP contribution in [0.5, 0.6) is 0 Å². The first-order valence-corrected chi connectivity index (χ1v) is 9.85. The van der Waals surface area contributed by atoms with Crippen molar-refractivity contribution in [1.82, 2.24) is 0 Å². The quantitative estimate of drug-likeness (QED) is 0.389. The van der Waals surface area contributed by atoms with E-state index in [1.807, 2.05) is 27.7 Å². The van der Waals surface area contributed by atoms with Crippen molar-refractivity contribution in [2.24, 2.45) is 29.6 Å². The Bertz CT molecular complexity index is 421. The van der Waals surface area contributed by atoms with E-state index >= 15 is 0 Å². The van der Waals surface area contributed by atoms with Gasteiger partial charge in [0.15, 0.2) is 0 Å². The van der Waals surface area contributed by atoms with Crippen LogP contribution in [0.2, 0.25) is 0 Å².